The predicted molar refractivity (Wildman–Crippen MR) is 78.7 cm³/mol. The maximum absolute atomic E-state index is 4.44. The van der Waals surface area contributed by atoms with Gasteiger partial charge in [0.15, 0.2) is 0 Å². The Kier molecular flexibility index (Phi) is 2.39. The van der Waals surface area contributed by atoms with Gasteiger partial charge in [-0.25, -0.2) is 4.68 Å². The van der Waals surface area contributed by atoms with Crippen molar-refractivity contribution in [2.75, 3.05) is 0 Å². The Hall–Kier alpha value is -2.88. The van der Waals surface area contributed by atoms with E-state index in [0.29, 0.717) is 0 Å². The minimum absolute atomic E-state index is 1.01. The fourth-order valence-electron chi connectivity index (χ4n) is 2.39. The topological polar surface area (TPSA) is 46.5 Å². The molecule has 4 nitrogen and oxygen atoms in total. The standard InChI is InChI=1S/C16H12N4/c1-2-4-12(5-3-1)16-8-9-18-20(16)14-7-6-13-11-17-19-15(13)10-14/h1-11H,(H,17,19). The fraction of sp³-hybridized carbons (Fsp3) is 0. The number of nitrogens with one attached hydrogen (secondary N) is 1. The number of benzene rings is 2. The van der Waals surface area contributed by atoms with Crippen LogP contribution in [-0.2, 0) is 0 Å². The van der Waals surface area contributed by atoms with Crippen molar-refractivity contribution >= 4 is 10.9 Å². The third-order valence-corrected chi connectivity index (χ3v) is 3.38. The second-order valence-corrected chi connectivity index (χ2v) is 4.64. The minimum atomic E-state index is 1.01. The second-order valence-electron chi connectivity index (χ2n) is 4.64. The quantitative estimate of drug-likeness (QED) is 0.600. The fourth-order valence-corrected chi connectivity index (χ4v) is 2.39. The van der Waals surface area contributed by atoms with Crippen molar-refractivity contribution in [3.63, 3.8) is 0 Å². The van der Waals surface area contributed by atoms with Crippen LogP contribution in [0.15, 0.2) is 67.0 Å². The first-order chi connectivity index (χ1) is 9.92. The highest BCUT2D eigenvalue weighted by molar-refractivity contribution is 5.80. The average Bonchev–Trinajstić information content (AvgIpc) is 3.16. The molecule has 0 amide bonds. The zero-order valence-electron chi connectivity index (χ0n) is 10.7. The molecule has 0 radical (unpaired) electrons. The molecule has 1 N–H and O–H groups in total. The summed E-state index contributed by atoms with van der Waals surface area (Å²) in [5.41, 5.74) is 4.25. The van der Waals surface area contributed by atoms with Crippen molar-refractivity contribution in [2.45, 2.75) is 0 Å². The van der Waals surface area contributed by atoms with E-state index in [0.717, 1.165) is 27.8 Å². The number of hydrogen-bond donors (Lipinski definition) is 1. The first-order valence-corrected chi connectivity index (χ1v) is 6.45. The van der Waals surface area contributed by atoms with E-state index in [1.54, 1.807) is 0 Å². The van der Waals surface area contributed by atoms with Gasteiger partial charge in [0.2, 0.25) is 0 Å². The Morgan fingerprint density at radius 2 is 1.85 bits per heavy atom. The van der Waals surface area contributed by atoms with E-state index in [9.17, 15) is 0 Å². The Morgan fingerprint density at radius 3 is 2.75 bits per heavy atom. The van der Waals surface area contributed by atoms with Crippen molar-refractivity contribution in [3.8, 4) is 16.9 Å². The Balaban J connectivity index is 1.88. The molecule has 0 aliphatic heterocycles. The van der Waals surface area contributed by atoms with E-state index in [-0.39, 0.29) is 0 Å². The first-order valence-electron chi connectivity index (χ1n) is 6.45. The van der Waals surface area contributed by atoms with Gasteiger partial charge in [-0.15, -0.1) is 0 Å². The maximum Gasteiger partial charge on any atom is 0.0740 e. The number of H-pyrrole nitrogens is 1. The number of fused-ring (bicyclic) bond motifs is 1. The van der Waals surface area contributed by atoms with E-state index in [4.69, 9.17) is 0 Å². The van der Waals surface area contributed by atoms with Gasteiger partial charge in [0.1, 0.15) is 0 Å². The van der Waals surface area contributed by atoms with Crippen molar-refractivity contribution in [1.82, 2.24) is 20.0 Å². The van der Waals surface area contributed by atoms with Crippen molar-refractivity contribution in [1.29, 1.82) is 0 Å². The molecule has 0 fully saturated rings. The van der Waals surface area contributed by atoms with Gasteiger partial charge in [0.05, 0.1) is 29.3 Å². The van der Waals surface area contributed by atoms with Gasteiger partial charge in [0.25, 0.3) is 0 Å². The lowest BCUT2D eigenvalue weighted by molar-refractivity contribution is 0.889. The van der Waals surface area contributed by atoms with Crippen molar-refractivity contribution < 1.29 is 0 Å². The molecule has 20 heavy (non-hydrogen) atoms. The third-order valence-electron chi connectivity index (χ3n) is 3.38. The lowest BCUT2D eigenvalue weighted by atomic mass is 10.1. The molecule has 0 saturated heterocycles. The highest BCUT2D eigenvalue weighted by Crippen LogP contribution is 2.23. The van der Waals surface area contributed by atoms with Gasteiger partial charge in [0, 0.05) is 10.9 Å². The van der Waals surface area contributed by atoms with Crippen LogP contribution in [0.3, 0.4) is 0 Å². The van der Waals surface area contributed by atoms with E-state index in [1.165, 1.54) is 0 Å². The van der Waals surface area contributed by atoms with Crippen LogP contribution in [0.25, 0.3) is 27.8 Å². The number of aromatic nitrogens is 4. The van der Waals surface area contributed by atoms with Crippen LogP contribution in [0.1, 0.15) is 0 Å². The third kappa shape index (κ3) is 1.70. The molecule has 2 aromatic carbocycles. The van der Waals surface area contributed by atoms with Crippen LogP contribution < -0.4 is 0 Å². The molecule has 2 aromatic heterocycles. The summed E-state index contributed by atoms with van der Waals surface area (Å²) in [6.07, 6.45) is 3.64. The normalized spacial score (nSPS) is 11.0. The molecule has 2 heterocycles. The highest BCUT2D eigenvalue weighted by Gasteiger charge is 2.08. The van der Waals surface area contributed by atoms with Crippen LogP contribution in [-0.4, -0.2) is 20.0 Å². The summed E-state index contributed by atoms with van der Waals surface area (Å²) >= 11 is 0. The number of aromatic amines is 1. The van der Waals surface area contributed by atoms with Crippen molar-refractivity contribution in [2.24, 2.45) is 0 Å². The van der Waals surface area contributed by atoms with Gasteiger partial charge in [-0.3, -0.25) is 5.10 Å². The smallest absolute Gasteiger partial charge is 0.0740 e. The van der Waals surface area contributed by atoms with Gasteiger partial charge in [-0.05, 0) is 24.3 Å². The average molecular weight is 260 g/mol. The molecule has 0 aliphatic rings. The van der Waals surface area contributed by atoms with Crippen LogP contribution >= 0.6 is 0 Å². The monoisotopic (exact) mass is 260 g/mol. The molecule has 4 rings (SSSR count). The minimum Gasteiger partial charge on any atom is -0.278 e. The molecule has 0 bridgehead atoms. The molecule has 4 heteroatoms. The van der Waals surface area contributed by atoms with E-state index in [1.807, 2.05) is 47.4 Å². The zero-order valence-corrected chi connectivity index (χ0v) is 10.7. The van der Waals surface area contributed by atoms with E-state index >= 15 is 0 Å². The van der Waals surface area contributed by atoms with E-state index < -0.39 is 0 Å². The summed E-state index contributed by atoms with van der Waals surface area (Å²) in [7, 11) is 0. The maximum atomic E-state index is 4.44. The summed E-state index contributed by atoms with van der Waals surface area (Å²) in [4.78, 5) is 0. The largest absolute Gasteiger partial charge is 0.278 e. The Morgan fingerprint density at radius 1 is 0.950 bits per heavy atom. The van der Waals surface area contributed by atoms with Gasteiger partial charge in [-0.1, -0.05) is 30.3 Å². The van der Waals surface area contributed by atoms with Crippen LogP contribution in [0.4, 0.5) is 0 Å². The molecule has 4 aromatic rings. The summed E-state index contributed by atoms with van der Waals surface area (Å²) in [5.74, 6) is 0. The number of hydrogen-bond acceptors (Lipinski definition) is 2. The molecule has 0 saturated carbocycles. The van der Waals surface area contributed by atoms with Crippen molar-refractivity contribution in [3.05, 3.63) is 67.0 Å². The van der Waals surface area contributed by atoms with Gasteiger partial charge < -0.3 is 0 Å². The lowest BCUT2D eigenvalue weighted by Crippen LogP contribution is -1.98. The van der Waals surface area contributed by atoms with Gasteiger partial charge in [-0.2, -0.15) is 10.2 Å². The Labute approximate surface area is 115 Å². The Bertz CT molecular complexity index is 858. The molecule has 0 atom stereocenters. The highest BCUT2D eigenvalue weighted by atomic mass is 15.3. The second kappa shape index (κ2) is 4.35. The first kappa shape index (κ1) is 11.0. The molecule has 0 unspecified atom stereocenters. The predicted octanol–water partition coefficient (Wildman–Crippen LogP) is 3.42. The number of nitrogens with zero attached hydrogens (tertiary/aromatic N) is 3. The molecule has 0 spiro atoms. The summed E-state index contributed by atoms with van der Waals surface area (Å²) in [6, 6.07) is 18.4. The van der Waals surface area contributed by atoms with Crippen LogP contribution in [0.2, 0.25) is 0 Å². The molecular formula is C16H12N4. The molecule has 0 aliphatic carbocycles. The molecular weight excluding hydrogens is 248 g/mol. The summed E-state index contributed by atoms with van der Waals surface area (Å²) in [6.45, 7) is 0. The summed E-state index contributed by atoms with van der Waals surface area (Å²) < 4.78 is 1.94. The number of rotatable bonds is 2. The zero-order chi connectivity index (χ0) is 13.4. The van der Waals surface area contributed by atoms with Crippen LogP contribution in [0, 0.1) is 0 Å². The lowest BCUT2D eigenvalue weighted by Gasteiger charge is -2.07. The van der Waals surface area contributed by atoms with E-state index in [2.05, 4.69) is 39.6 Å². The SMILES string of the molecule is c1ccc(-c2ccnn2-c2ccc3cn[nH]c3c2)cc1. The van der Waals surface area contributed by atoms with Crippen LogP contribution in [0.5, 0.6) is 0 Å². The van der Waals surface area contributed by atoms with Gasteiger partial charge >= 0.3 is 0 Å². The molecule has 96 valence electrons. The summed E-state index contributed by atoms with van der Waals surface area (Å²) in [5, 5.41) is 12.6.